The maximum Gasteiger partial charge on any atom is 0.223 e. The van der Waals surface area contributed by atoms with Gasteiger partial charge in [-0.1, -0.05) is 0 Å². The van der Waals surface area contributed by atoms with Crippen molar-refractivity contribution in [2.45, 2.75) is 44.6 Å². The average Bonchev–Trinajstić information content (AvgIpc) is 3.36. The van der Waals surface area contributed by atoms with E-state index >= 15 is 0 Å². The number of aromatic nitrogens is 2. The molecule has 3 heterocycles. The molecule has 1 aromatic rings. The fourth-order valence-electron chi connectivity index (χ4n) is 4.04. The first-order valence-corrected chi connectivity index (χ1v) is 9.64. The molecule has 4 rings (SSSR count). The zero-order valence-electron chi connectivity index (χ0n) is 15.2. The minimum absolute atomic E-state index is 0.222. The van der Waals surface area contributed by atoms with E-state index in [-0.39, 0.29) is 11.8 Å². The third kappa shape index (κ3) is 4.06. The van der Waals surface area contributed by atoms with E-state index in [0.29, 0.717) is 31.4 Å². The van der Waals surface area contributed by atoms with E-state index in [1.165, 1.54) is 18.5 Å². The second-order valence-electron chi connectivity index (χ2n) is 7.90. The van der Waals surface area contributed by atoms with Gasteiger partial charge < -0.3 is 18.9 Å². The number of rotatable bonds is 6. The van der Waals surface area contributed by atoms with Crippen LogP contribution in [0.25, 0.3) is 0 Å². The Balaban J connectivity index is 1.37. The maximum atomic E-state index is 12.6. The molecule has 1 atom stereocenters. The first kappa shape index (κ1) is 17.0. The minimum atomic E-state index is 0.222. The second kappa shape index (κ2) is 7.46. The molecule has 0 N–H and O–H groups in total. The molecule has 0 aromatic carbocycles. The Labute approximate surface area is 149 Å². The SMILES string of the molecule is Cn1cnc2c1[C@H](COCC1CCOCC1)CN(C(=O)CC1CC1)C2. The van der Waals surface area contributed by atoms with Crippen molar-refractivity contribution in [2.24, 2.45) is 18.9 Å². The molecule has 138 valence electrons. The van der Waals surface area contributed by atoms with Crippen LogP contribution in [0, 0.1) is 11.8 Å². The number of aryl methyl sites for hydroxylation is 1. The van der Waals surface area contributed by atoms with Crippen LogP contribution in [0.3, 0.4) is 0 Å². The van der Waals surface area contributed by atoms with Crippen molar-refractivity contribution in [3.05, 3.63) is 17.7 Å². The van der Waals surface area contributed by atoms with Crippen molar-refractivity contribution < 1.29 is 14.3 Å². The summed E-state index contributed by atoms with van der Waals surface area (Å²) in [7, 11) is 2.04. The zero-order chi connectivity index (χ0) is 17.2. The maximum absolute atomic E-state index is 12.6. The van der Waals surface area contributed by atoms with Crippen molar-refractivity contribution in [1.82, 2.24) is 14.5 Å². The molecule has 2 fully saturated rings. The summed E-state index contributed by atoms with van der Waals surface area (Å²) < 4.78 is 13.6. The summed E-state index contributed by atoms with van der Waals surface area (Å²) in [5.74, 6) is 1.74. The molecule has 1 aliphatic carbocycles. The molecule has 0 bridgehead atoms. The fourth-order valence-corrected chi connectivity index (χ4v) is 4.04. The summed E-state index contributed by atoms with van der Waals surface area (Å²) in [6.07, 6.45) is 7.18. The first-order valence-electron chi connectivity index (χ1n) is 9.64. The lowest BCUT2D eigenvalue weighted by atomic mass is 9.98. The number of imidazole rings is 1. The molecule has 6 heteroatoms. The highest BCUT2D eigenvalue weighted by atomic mass is 16.5. The van der Waals surface area contributed by atoms with E-state index < -0.39 is 0 Å². The number of ether oxygens (including phenoxy) is 2. The van der Waals surface area contributed by atoms with Gasteiger partial charge in [-0.3, -0.25) is 4.79 Å². The molecule has 0 unspecified atom stereocenters. The molecule has 2 aliphatic heterocycles. The van der Waals surface area contributed by atoms with E-state index in [2.05, 4.69) is 9.55 Å². The molecule has 25 heavy (non-hydrogen) atoms. The molecule has 3 aliphatic rings. The van der Waals surface area contributed by atoms with Crippen LogP contribution in [-0.2, 0) is 27.9 Å². The molecule has 0 radical (unpaired) electrons. The zero-order valence-corrected chi connectivity index (χ0v) is 15.2. The molecule has 1 amide bonds. The number of carbonyl (C=O) groups is 1. The van der Waals surface area contributed by atoms with Crippen LogP contribution >= 0.6 is 0 Å². The molecule has 1 saturated carbocycles. The molecular weight excluding hydrogens is 318 g/mol. The van der Waals surface area contributed by atoms with Crippen LogP contribution in [0.4, 0.5) is 0 Å². The Morgan fingerprint density at radius 1 is 1.24 bits per heavy atom. The van der Waals surface area contributed by atoms with E-state index in [1.807, 2.05) is 18.3 Å². The van der Waals surface area contributed by atoms with Gasteiger partial charge in [0.1, 0.15) is 0 Å². The Bertz CT molecular complexity index is 605. The summed E-state index contributed by atoms with van der Waals surface area (Å²) >= 11 is 0. The van der Waals surface area contributed by atoms with Crippen LogP contribution in [0.15, 0.2) is 6.33 Å². The third-order valence-corrected chi connectivity index (χ3v) is 5.76. The van der Waals surface area contributed by atoms with Gasteiger partial charge in [0.05, 0.1) is 25.2 Å². The van der Waals surface area contributed by atoms with E-state index in [0.717, 1.165) is 44.9 Å². The summed E-state index contributed by atoms with van der Waals surface area (Å²) in [6.45, 7) is 4.57. The Morgan fingerprint density at radius 3 is 2.80 bits per heavy atom. The Hall–Kier alpha value is -1.40. The second-order valence-corrected chi connectivity index (χ2v) is 7.90. The van der Waals surface area contributed by atoms with Crippen LogP contribution in [0.1, 0.15) is 49.4 Å². The number of fused-ring (bicyclic) bond motifs is 1. The largest absolute Gasteiger partial charge is 0.381 e. The highest BCUT2D eigenvalue weighted by Crippen LogP contribution is 2.34. The number of nitrogens with zero attached hydrogens (tertiary/aromatic N) is 3. The number of hydrogen-bond donors (Lipinski definition) is 0. The molecule has 6 nitrogen and oxygen atoms in total. The van der Waals surface area contributed by atoms with Crippen molar-refractivity contribution in [3.8, 4) is 0 Å². The van der Waals surface area contributed by atoms with Gasteiger partial charge >= 0.3 is 0 Å². The van der Waals surface area contributed by atoms with Gasteiger partial charge in [-0.2, -0.15) is 0 Å². The number of carbonyl (C=O) groups excluding carboxylic acids is 1. The van der Waals surface area contributed by atoms with Gasteiger partial charge in [-0.15, -0.1) is 0 Å². The Morgan fingerprint density at radius 2 is 2.04 bits per heavy atom. The summed E-state index contributed by atoms with van der Waals surface area (Å²) in [4.78, 5) is 19.1. The van der Waals surface area contributed by atoms with Gasteiger partial charge in [0, 0.05) is 51.4 Å². The molecule has 1 aromatic heterocycles. The van der Waals surface area contributed by atoms with Gasteiger partial charge in [-0.05, 0) is 37.5 Å². The number of amides is 1. The topological polar surface area (TPSA) is 56.6 Å². The van der Waals surface area contributed by atoms with Crippen molar-refractivity contribution in [3.63, 3.8) is 0 Å². The van der Waals surface area contributed by atoms with Crippen LogP contribution in [0.2, 0.25) is 0 Å². The van der Waals surface area contributed by atoms with Crippen molar-refractivity contribution in [1.29, 1.82) is 0 Å². The van der Waals surface area contributed by atoms with E-state index in [1.54, 1.807) is 0 Å². The quantitative estimate of drug-likeness (QED) is 0.791. The minimum Gasteiger partial charge on any atom is -0.381 e. The van der Waals surface area contributed by atoms with Crippen LogP contribution < -0.4 is 0 Å². The first-order chi connectivity index (χ1) is 12.2. The highest BCUT2D eigenvalue weighted by Gasteiger charge is 2.34. The average molecular weight is 347 g/mol. The monoisotopic (exact) mass is 347 g/mol. The lowest BCUT2D eigenvalue weighted by Gasteiger charge is -2.33. The molecule has 1 saturated heterocycles. The van der Waals surface area contributed by atoms with Crippen molar-refractivity contribution in [2.75, 3.05) is 33.0 Å². The summed E-state index contributed by atoms with van der Waals surface area (Å²) in [5.41, 5.74) is 2.28. The Kier molecular flexibility index (Phi) is 5.08. The fraction of sp³-hybridized carbons (Fsp3) is 0.789. The third-order valence-electron chi connectivity index (χ3n) is 5.76. The van der Waals surface area contributed by atoms with Crippen LogP contribution in [0.5, 0.6) is 0 Å². The summed E-state index contributed by atoms with van der Waals surface area (Å²) in [5, 5.41) is 0. The van der Waals surface area contributed by atoms with Crippen molar-refractivity contribution >= 4 is 5.91 Å². The van der Waals surface area contributed by atoms with Gasteiger partial charge in [0.15, 0.2) is 0 Å². The summed E-state index contributed by atoms with van der Waals surface area (Å²) in [6, 6.07) is 0. The molecular formula is C19H29N3O3. The smallest absolute Gasteiger partial charge is 0.223 e. The highest BCUT2D eigenvalue weighted by molar-refractivity contribution is 5.77. The van der Waals surface area contributed by atoms with Crippen LogP contribution in [-0.4, -0.2) is 53.3 Å². The van der Waals surface area contributed by atoms with Gasteiger partial charge in [0.25, 0.3) is 0 Å². The normalized spacial score (nSPS) is 24.4. The predicted molar refractivity (Wildman–Crippen MR) is 93.1 cm³/mol. The van der Waals surface area contributed by atoms with E-state index in [4.69, 9.17) is 9.47 Å². The number of hydrogen-bond acceptors (Lipinski definition) is 4. The molecule has 0 spiro atoms. The lowest BCUT2D eigenvalue weighted by Crippen LogP contribution is -2.40. The van der Waals surface area contributed by atoms with Gasteiger partial charge in [-0.25, -0.2) is 4.98 Å². The lowest BCUT2D eigenvalue weighted by molar-refractivity contribution is -0.133. The standard InChI is InChI=1S/C19H29N3O3/c1-21-13-20-17-10-22(18(23)8-14-2-3-14)9-16(19(17)21)12-25-11-15-4-6-24-7-5-15/h13-16H,2-12H2,1H3/t16-/m0/s1. The predicted octanol–water partition coefficient (Wildman–Crippen LogP) is 2.09. The van der Waals surface area contributed by atoms with E-state index in [9.17, 15) is 4.79 Å². The van der Waals surface area contributed by atoms with Gasteiger partial charge in [0.2, 0.25) is 5.91 Å².